The minimum atomic E-state index is 0.984. The Morgan fingerprint density at radius 3 is 0.919 bits per heavy atom. The molecule has 12 aromatic rings. The van der Waals surface area contributed by atoms with Crippen LogP contribution in [0.25, 0.3) is 43.4 Å². The van der Waals surface area contributed by atoms with Gasteiger partial charge in [-0.25, -0.2) is 0 Å². The largest absolute Gasteiger partial charge is 0.256 e. The first-order valence-corrected chi connectivity index (χ1v) is 24.5. The molecule has 0 aliphatic heterocycles. The molecule has 0 N–H and O–H groups in total. The van der Waals surface area contributed by atoms with E-state index < -0.39 is 0 Å². The molecule has 0 unspecified atom stereocenters. The molecule has 348 valence electrons. The Labute approximate surface area is 435 Å². The number of benzene rings is 10. The summed E-state index contributed by atoms with van der Waals surface area (Å²) < 4.78 is 0. The number of para-hydroxylation sites is 2. The topological polar surface area (TPSA) is 25.8 Å². The number of hydrogen-bond acceptors (Lipinski definition) is 2. The van der Waals surface area contributed by atoms with Gasteiger partial charge in [0.2, 0.25) is 0 Å². The van der Waals surface area contributed by atoms with Crippen LogP contribution in [0.2, 0.25) is 0 Å². The van der Waals surface area contributed by atoms with Crippen molar-refractivity contribution in [2.24, 2.45) is 0 Å². The van der Waals surface area contributed by atoms with Crippen LogP contribution in [-0.4, -0.2) is 9.97 Å². The second-order valence-electron chi connectivity index (χ2n) is 17.3. The normalized spacial score (nSPS) is 9.86. The van der Waals surface area contributed by atoms with E-state index in [2.05, 4.69) is 205 Å². The van der Waals surface area contributed by atoms with Crippen LogP contribution in [0.15, 0.2) is 267 Å². The van der Waals surface area contributed by atoms with E-state index in [1.165, 1.54) is 32.7 Å². The standard InChI is InChI=1S/C19H14.C18H13N.C18H12.C17H11N/c1-15-9-11-16(12-10-15)13-14-18-7-4-6-17-5-2-3-8-19(17)18;1-14-6-8-15(9-7-14)10-11-16-12-13-19-18-5-3-2-4-17(16)18;1-2-7-15(8-3-1)13-14-17-11-6-10-16-9-4-5-12-18(16)17;1-2-6-14(7-3-1)10-11-15-12-13-18-17-9-5-4-8-16(15)17/h2-12H,1H3;2-9,12-13H,1H3;1-12H;1-9,12-13H. The first kappa shape index (κ1) is 48.8. The number of hydrogen-bond donors (Lipinski definition) is 0. The molecule has 0 aliphatic carbocycles. The second-order valence-corrected chi connectivity index (χ2v) is 17.3. The molecule has 0 bridgehead atoms. The summed E-state index contributed by atoms with van der Waals surface area (Å²) in [5.74, 6) is 25.8. The van der Waals surface area contributed by atoms with Crippen molar-refractivity contribution < 1.29 is 0 Å². The van der Waals surface area contributed by atoms with Gasteiger partial charge in [0.05, 0.1) is 11.0 Å². The molecule has 12 rings (SSSR count). The SMILES string of the molecule is C(#Cc1cccc2ccccc12)c1ccccc1.C(#Cc1ccnc2ccccc12)c1ccccc1.Cc1ccc(C#Cc2cccc3ccccc23)cc1.Cc1ccc(C#Cc2ccnc3ccccc23)cc1. The third-order valence-electron chi connectivity index (χ3n) is 11.9. The summed E-state index contributed by atoms with van der Waals surface area (Å²) in [6.45, 7) is 4.16. The van der Waals surface area contributed by atoms with Crippen LogP contribution in [0, 0.1) is 61.2 Å². The highest BCUT2D eigenvalue weighted by atomic mass is 14.6. The van der Waals surface area contributed by atoms with Crippen molar-refractivity contribution in [1.29, 1.82) is 0 Å². The Bertz CT molecular complexity index is 3800. The molecule has 74 heavy (non-hydrogen) atoms. The Kier molecular flexibility index (Phi) is 16.5. The zero-order chi connectivity index (χ0) is 50.6. The lowest BCUT2D eigenvalue weighted by molar-refractivity contribution is 1.40. The molecule has 0 saturated heterocycles. The van der Waals surface area contributed by atoms with E-state index in [-0.39, 0.29) is 0 Å². The predicted octanol–water partition coefficient (Wildman–Crippen LogP) is 16.4. The summed E-state index contributed by atoms with van der Waals surface area (Å²) in [7, 11) is 0. The van der Waals surface area contributed by atoms with Crippen LogP contribution in [0.5, 0.6) is 0 Å². The van der Waals surface area contributed by atoms with E-state index in [4.69, 9.17) is 0 Å². The molecular weight excluding hydrogens is 893 g/mol. The van der Waals surface area contributed by atoms with Gasteiger partial charge in [0.15, 0.2) is 0 Å². The van der Waals surface area contributed by atoms with Crippen LogP contribution in [0.4, 0.5) is 0 Å². The van der Waals surface area contributed by atoms with Gasteiger partial charge in [0, 0.05) is 67.7 Å². The molecule has 2 nitrogen and oxygen atoms in total. The number of fused-ring (bicyclic) bond motifs is 4. The fourth-order valence-corrected chi connectivity index (χ4v) is 7.95. The summed E-state index contributed by atoms with van der Waals surface area (Å²) in [5.41, 5.74) is 12.8. The van der Waals surface area contributed by atoms with Gasteiger partial charge in [-0.3, -0.25) is 9.97 Å². The van der Waals surface area contributed by atoms with E-state index in [1.807, 2.05) is 128 Å². The number of aryl methyl sites for hydroxylation is 2. The number of rotatable bonds is 0. The lowest BCUT2D eigenvalue weighted by Gasteiger charge is -1.99. The number of pyridine rings is 2. The van der Waals surface area contributed by atoms with Gasteiger partial charge in [0.25, 0.3) is 0 Å². The molecule has 2 aromatic heterocycles. The van der Waals surface area contributed by atoms with E-state index in [0.29, 0.717) is 0 Å². The highest BCUT2D eigenvalue weighted by Crippen LogP contribution is 2.20. The fourth-order valence-electron chi connectivity index (χ4n) is 7.95. The molecule has 0 radical (unpaired) electrons. The molecule has 0 spiro atoms. The van der Waals surface area contributed by atoms with Crippen LogP contribution in [-0.2, 0) is 0 Å². The van der Waals surface area contributed by atoms with Crippen LogP contribution < -0.4 is 0 Å². The lowest BCUT2D eigenvalue weighted by Crippen LogP contribution is -1.83. The monoisotopic (exact) mass is 942 g/mol. The van der Waals surface area contributed by atoms with Crippen LogP contribution in [0.1, 0.15) is 55.6 Å². The molecule has 10 aromatic carbocycles. The third kappa shape index (κ3) is 13.6. The highest BCUT2D eigenvalue weighted by molar-refractivity contribution is 5.89. The van der Waals surface area contributed by atoms with Crippen molar-refractivity contribution in [3.05, 3.63) is 323 Å². The molecule has 0 saturated carbocycles. The average molecular weight is 943 g/mol. The quantitative estimate of drug-likeness (QED) is 0.142. The lowest BCUT2D eigenvalue weighted by atomic mass is 10.0. The molecular formula is C72H50N2. The van der Waals surface area contributed by atoms with Gasteiger partial charge in [-0.2, -0.15) is 0 Å². The van der Waals surface area contributed by atoms with Crippen LogP contribution >= 0.6 is 0 Å². The van der Waals surface area contributed by atoms with Gasteiger partial charge in [-0.15, -0.1) is 0 Å². The average Bonchev–Trinajstić information content (AvgIpc) is 3.47. The molecule has 0 atom stereocenters. The zero-order valence-electron chi connectivity index (χ0n) is 41.3. The van der Waals surface area contributed by atoms with Gasteiger partial charge in [-0.05, 0) is 120 Å². The van der Waals surface area contributed by atoms with Crippen LogP contribution in [0.3, 0.4) is 0 Å². The van der Waals surface area contributed by atoms with Crippen molar-refractivity contribution in [3.8, 4) is 47.4 Å². The Hall–Kier alpha value is -10.2. The number of nitrogens with zero attached hydrogens (tertiary/aromatic N) is 2. The Morgan fingerprint density at radius 2 is 0.527 bits per heavy atom. The van der Waals surface area contributed by atoms with E-state index in [1.54, 1.807) is 6.20 Å². The van der Waals surface area contributed by atoms with Crippen molar-refractivity contribution in [1.82, 2.24) is 9.97 Å². The van der Waals surface area contributed by atoms with E-state index in [0.717, 1.165) is 66.3 Å². The summed E-state index contributed by atoms with van der Waals surface area (Å²) in [5, 5.41) is 7.09. The maximum absolute atomic E-state index is 4.34. The molecule has 2 heteroatoms. The van der Waals surface area contributed by atoms with Crippen molar-refractivity contribution in [2.75, 3.05) is 0 Å². The van der Waals surface area contributed by atoms with Gasteiger partial charge in [0.1, 0.15) is 0 Å². The fraction of sp³-hybridized carbons (Fsp3) is 0.0278. The molecule has 0 amide bonds. The second kappa shape index (κ2) is 25.1. The molecule has 0 fully saturated rings. The summed E-state index contributed by atoms with van der Waals surface area (Å²) >= 11 is 0. The first-order valence-electron chi connectivity index (χ1n) is 24.5. The molecule has 0 aliphatic rings. The highest BCUT2D eigenvalue weighted by Gasteiger charge is 2.01. The van der Waals surface area contributed by atoms with Gasteiger partial charge >= 0.3 is 0 Å². The number of aromatic nitrogens is 2. The molecule has 2 heterocycles. The summed E-state index contributed by atoms with van der Waals surface area (Å²) in [6.07, 6.45) is 3.61. The van der Waals surface area contributed by atoms with Crippen molar-refractivity contribution in [3.63, 3.8) is 0 Å². The first-order chi connectivity index (χ1) is 36.5. The predicted molar refractivity (Wildman–Crippen MR) is 311 cm³/mol. The van der Waals surface area contributed by atoms with Gasteiger partial charge < -0.3 is 0 Å². The Balaban J connectivity index is 0.000000121. The van der Waals surface area contributed by atoms with E-state index in [9.17, 15) is 0 Å². The minimum absolute atomic E-state index is 0.984. The zero-order valence-corrected chi connectivity index (χ0v) is 41.3. The maximum Gasteiger partial charge on any atom is 0.0714 e. The van der Waals surface area contributed by atoms with Crippen molar-refractivity contribution >= 4 is 43.4 Å². The van der Waals surface area contributed by atoms with E-state index >= 15 is 0 Å². The summed E-state index contributed by atoms with van der Waals surface area (Å²) in [6, 6.07) is 85.8. The summed E-state index contributed by atoms with van der Waals surface area (Å²) in [4.78, 5) is 8.67. The van der Waals surface area contributed by atoms with Gasteiger partial charge in [-0.1, -0.05) is 228 Å². The maximum atomic E-state index is 4.34. The Morgan fingerprint density at radius 1 is 0.230 bits per heavy atom. The third-order valence-corrected chi connectivity index (χ3v) is 11.9. The smallest absolute Gasteiger partial charge is 0.0714 e. The minimum Gasteiger partial charge on any atom is -0.256 e. The van der Waals surface area contributed by atoms with Crippen molar-refractivity contribution in [2.45, 2.75) is 13.8 Å².